The molecule has 2 bridgehead atoms. The lowest BCUT2D eigenvalue weighted by Gasteiger charge is -2.38. The van der Waals surface area contributed by atoms with E-state index < -0.39 is 5.60 Å². The van der Waals surface area contributed by atoms with Crippen molar-refractivity contribution >= 4 is 23.2 Å². The lowest BCUT2D eigenvalue weighted by atomic mass is 9.85. The Balaban J connectivity index is 1.38. The van der Waals surface area contributed by atoms with Crippen molar-refractivity contribution in [1.82, 2.24) is 39.7 Å². The van der Waals surface area contributed by atoms with Gasteiger partial charge in [-0.1, -0.05) is 6.07 Å². The van der Waals surface area contributed by atoms with Gasteiger partial charge in [-0.15, -0.1) is 10.2 Å². The molecule has 0 unspecified atom stereocenters. The van der Waals surface area contributed by atoms with E-state index in [0.717, 1.165) is 24.0 Å². The molecule has 6 heterocycles. The number of carbonyl (C=O) groups excluding carboxylic acids is 2. The zero-order valence-electron chi connectivity index (χ0n) is 22.3. The van der Waals surface area contributed by atoms with Crippen LogP contribution in [0.2, 0.25) is 0 Å². The van der Waals surface area contributed by atoms with Crippen molar-refractivity contribution in [1.29, 1.82) is 0 Å². The number of pyridine rings is 1. The van der Waals surface area contributed by atoms with Crippen LogP contribution in [-0.4, -0.2) is 68.5 Å². The number of nitrogens with two attached hydrogens (primary N) is 1. The van der Waals surface area contributed by atoms with E-state index >= 15 is 0 Å². The van der Waals surface area contributed by atoms with Crippen molar-refractivity contribution in [2.24, 2.45) is 0 Å². The van der Waals surface area contributed by atoms with Crippen LogP contribution in [-0.2, 0) is 5.60 Å². The van der Waals surface area contributed by atoms with Crippen LogP contribution in [0.4, 0.5) is 5.82 Å². The molecule has 39 heavy (non-hydrogen) atoms. The summed E-state index contributed by atoms with van der Waals surface area (Å²) in [4.78, 5) is 40.4. The molecule has 0 aromatic carbocycles. The molecule has 2 fully saturated rings. The van der Waals surface area contributed by atoms with Crippen molar-refractivity contribution in [3.63, 3.8) is 0 Å². The van der Waals surface area contributed by atoms with Crippen LogP contribution in [0.15, 0.2) is 24.5 Å². The van der Waals surface area contributed by atoms with Crippen LogP contribution in [0.3, 0.4) is 0 Å². The predicted molar refractivity (Wildman–Crippen MR) is 142 cm³/mol. The van der Waals surface area contributed by atoms with Crippen LogP contribution < -0.4 is 5.73 Å². The second-order valence-corrected chi connectivity index (χ2v) is 11.1. The first kappa shape index (κ1) is 25.1. The molecule has 6 rings (SSSR count). The van der Waals surface area contributed by atoms with E-state index in [1.807, 2.05) is 11.0 Å². The summed E-state index contributed by atoms with van der Waals surface area (Å²) >= 11 is 0. The van der Waals surface area contributed by atoms with Gasteiger partial charge in [0.05, 0.1) is 23.1 Å². The number of aliphatic hydroxyl groups is 1. The molecule has 4 aromatic heterocycles. The van der Waals surface area contributed by atoms with Gasteiger partial charge in [-0.05, 0) is 59.4 Å². The number of Topliss-reactive ketones (excluding diaryl/α,β-unsaturated/α-hetero) is 1. The number of ketones is 1. The number of hydrogen-bond acceptors (Lipinski definition) is 9. The molecule has 12 heteroatoms. The molecule has 2 saturated heterocycles. The lowest BCUT2D eigenvalue weighted by molar-refractivity contribution is 0.0556. The fourth-order valence-corrected chi connectivity index (χ4v) is 6.10. The lowest BCUT2D eigenvalue weighted by Crippen LogP contribution is -2.46. The monoisotopic (exact) mass is 529 g/mol. The molecule has 0 saturated carbocycles. The van der Waals surface area contributed by atoms with E-state index in [1.54, 1.807) is 39.2 Å². The maximum atomic E-state index is 13.2. The van der Waals surface area contributed by atoms with Gasteiger partial charge in [0.15, 0.2) is 11.4 Å². The Bertz CT molecular complexity index is 1590. The predicted octanol–water partition coefficient (Wildman–Crippen LogP) is 2.78. The van der Waals surface area contributed by atoms with Crippen LogP contribution in [0, 0.1) is 6.92 Å². The molecule has 12 nitrogen and oxygen atoms in total. The normalized spacial score (nSPS) is 21.1. The van der Waals surface area contributed by atoms with E-state index in [-0.39, 0.29) is 41.3 Å². The number of rotatable bonds is 5. The fraction of sp³-hybridized carbons (Fsp3) is 0.444. The molecule has 0 radical (unpaired) electrons. The Morgan fingerprint density at radius 2 is 1.85 bits per heavy atom. The quantitative estimate of drug-likeness (QED) is 0.329. The van der Waals surface area contributed by atoms with Gasteiger partial charge >= 0.3 is 0 Å². The number of carbonyl (C=O) groups is 2. The second kappa shape index (κ2) is 8.94. The average molecular weight is 530 g/mol. The van der Waals surface area contributed by atoms with Crippen molar-refractivity contribution in [3.05, 3.63) is 53.1 Å². The summed E-state index contributed by atoms with van der Waals surface area (Å²) in [5.74, 6) is 0.736. The topological polar surface area (TPSA) is 168 Å². The minimum atomic E-state index is -1.06. The minimum Gasteiger partial charge on any atom is -0.384 e. The molecule has 0 aliphatic carbocycles. The van der Waals surface area contributed by atoms with Crippen LogP contribution in [0.25, 0.3) is 16.8 Å². The molecular weight excluding hydrogens is 498 g/mol. The molecule has 0 spiro atoms. The smallest absolute Gasteiger partial charge is 0.292 e. The third-order valence-electron chi connectivity index (χ3n) is 7.92. The third kappa shape index (κ3) is 4.15. The number of hydrogen-bond donors (Lipinski definition) is 3. The number of H-pyrrole nitrogens is 1. The maximum Gasteiger partial charge on any atom is 0.292 e. The van der Waals surface area contributed by atoms with Gasteiger partial charge in [0.1, 0.15) is 17.2 Å². The zero-order valence-corrected chi connectivity index (χ0v) is 22.3. The molecule has 4 aromatic rings. The number of nitrogen functional groups attached to an aromatic ring is 1. The van der Waals surface area contributed by atoms with Crippen molar-refractivity contribution in [3.8, 4) is 11.1 Å². The summed E-state index contributed by atoms with van der Waals surface area (Å²) in [5.41, 5.74) is 9.09. The Labute approximate surface area is 224 Å². The van der Waals surface area contributed by atoms with E-state index in [9.17, 15) is 14.7 Å². The number of fused-ring (bicyclic) bond motifs is 3. The Hall–Kier alpha value is -4.19. The molecule has 4 N–H and O–H groups in total. The molecule has 1 amide bonds. The van der Waals surface area contributed by atoms with E-state index in [0.29, 0.717) is 41.3 Å². The van der Waals surface area contributed by atoms with E-state index in [4.69, 9.17) is 10.7 Å². The third-order valence-corrected chi connectivity index (χ3v) is 7.92. The molecular formula is C27H31N9O3. The number of amides is 1. The highest BCUT2D eigenvalue weighted by Crippen LogP contribution is 2.45. The highest BCUT2D eigenvalue weighted by molar-refractivity contribution is 6.00. The van der Waals surface area contributed by atoms with Gasteiger partial charge in [-0.25, -0.2) is 4.98 Å². The first-order valence-electron chi connectivity index (χ1n) is 13.1. The maximum absolute atomic E-state index is 13.2. The standard InChI is InChI=1S/C27H31N9O3/c1-13(37)21-22(16-9-17-6-7-18(10-16)35(17)26(38)24-31-14(2)33-34-24)32-25-19(12-30-36(25)23(21)28)15-5-8-20(29-11-15)27(3,4)39/h5,8,11-12,16-18,39H,6-7,9-10,28H2,1-4H3,(H,31,33,34)/t16-,17+,18-. The van der Waals surface area contributed by atoms with Crippen LogP contribution in [0.1, 0.15) is 90.6 Å². The first-order chi connectivity index (χ1) is 18.5. The van der Waals surface area contributed by atoms with Crippen LogP contribution in [0.5, 0.6) is 0 Å². The summed E-state index contributed by atoms with van der Waals surface area (Å²) in [7, 11) is 0. The van der Waals surface area contributed by atoms with Crippen molar-refractivity contribution < 1.29 is 14.7 Å². The second-order valence-electron chi connectivity index (χ2n) is 11.1. The van der Waals surface area contributed by atoms with Crippen molar-refractivity contribution in [2.75, 3.05) is 5.73 Å². The number of aromatic nitrogens is 7. The number of aryl methyl sites for hydroxylation is 1. The Kier molecular flexibility index (Phi) is 5.75. The van der Waals surface area contributed by atoms with Crippen molar-refractivity contribution in [2.45, 2.75) is 77.0 Å². The van der Waals surface area contributed by atoms with Gasteiger partial charge in [0.25, 0.3) is 5.91 Å². The number of nitrogens with zero attached hydrogens (tertiary/aromatic N) is 7. The number of anilines is 1. The summed E-state index contributed by atoms with van der Waals surface area (Å²) in [6.07, 6.45) is 6.44. The van der Waals surface area contributed by atoms with Gasteiger partial charge in [0, 0.05) is 35.3 Å². The van der Waals surface area contributed by atoms with E-state index in [1.165, 1.54) is 11.4 Å². The SMILES string of the molecule is CC(=O)c1c([C@H]2C[C@H]3CC[C@@H](C2)N3C(=O)c2nnc(C)[nH]2)nc2c(-c3ccc(C(C)(C)O)nc3)cnn2c1N. The fourth-order valence-electron chi connectivity index (χ4n) is 6.10. The van der Waals surface area contributed by atoms with E-state index in [2.05, 4.69) is 25.3 Å². The van der Waals surface area contributed by atoms with Gasteiger partial charge < -0.3 is 20.7 Å². The highest BCUT2D eigenvalue weighted by atomic mass is 16.3. The first-order valence-corrected chi connectivity index (χ1v) is 13.1. The van der Waals surface area contributed by atoms with Gasteiger partial charge in [-0.2, -0.15) is 9.61 Å². The average Bonchev–Trinajstić information content (AvgIpc) is 3.58. The minimum absolute atomic E-state index is 0.00803. The number of piperidine rings is 1. The summed E-state index contributed by atoms with van der Waals surface area (Å²) in [6.45, 7) is 6.62. The summed E-state index contributed by atoms with van der Waals surface area (Å²) < 4.78 is 1.50. The highest BCUT2D eigenvalue weighted by Gasteiger charge is 2.46. The summed E-state index contributed by atoms with van der Waals surface area (Å²) in [6, 6.07) is 3.65. The molecule has 2 aliphatic rings. The summed E-state index contributed by atoms with van der Waals surface area (Å²) in [5, 5.41) is 22.7. The Morgan fingerprint density at radius 1 is 1.13 bits per heavy atom. The van der Waals surface area contributed by atoms with Gasteiger partial charge in [0.2, 0.25) is 5.82 Å². The van der Waals surface area contributed by atoms with Crippen LogP contribution >= 0.6 is 0 Å². The number of nitrogens with one attached hydrogen (secondary N) is 1. The Morgan fingerprint density at radius 3 is 2.41 bits per heavy atom. The number of aromatic amines is 1. The molecule has 2 aliphatic heterocycles. The molecule has 3 atom stereocenters. The van der Waals surface area contributed by atoms with Gasteiger partial charge in [-0.3, -0.25) is 14.6 Å². The molecule has 202 valence electrons. The largest absolute Gasteiger partial charge is 0.384 e. The zero-order chi connectivity index (χ0) is 27.6.